The molecule has 0 aromatic rings. The van der Waals surface area contributed by atoms with Crippen molar-refractivity contribution in [3.63, 3.8) is 0 Å². The van der Waals surface area contributed by atoms with Crippen molar-refractivity contribution in [3.8, 4) is 0 Å². The summed E-state index contributed by atoms with van der Waals surface area (Å²) in [6.07, 6.45) is 3.30. The second kappa shape index (κ2) is 9.82. The third kappa shape index (κ3) is 8.40. The Hall–Kier alpha value is -1.53. The molecule has 2 N–H and O–H groups in total. The zero-order valence-corrected chi connectivity index (χ0v) is 16.0. The lowest BCUT2D eigenvalue weighted by atomic mass is 9.62. The number of carbonyl (C=O) groups excluding carboxylic acids is 2. The van der Waals surface area contributed by atoms with E-state index in [9.17, 15) is 14.0 Å². The molecule has 1 aliphatic carbocycles. The number of hydrogen-bond acceptors (Lipinski definition) is 4. The molecule has 0 spiro atoms. The van der Waals surface area contributed by atoms with Gasteiger partial charge in [0.25, 0.3) is 0 Å². The molecule has 0 bridgehead atoms. The monoisotopic (exact) mass is 360 g/mol. The van der Waals surface area contributed by atoms with E-state index in [1.165, 1.54) is 0 Å². The average molecular weight is 360 g/mol. The first-order valence-electron chi connectivity index (χ1n) is 9.09. The van der Waals surface area contributed by atoms with Gasteiger partial charge in [-0.3, -0.25) is 0 Å². The Bertz CT molecular complexity index is 445. The van der Waals surface area contributed by atoms with Crippen LogP contribution in [-0.2, 0) is 9.47 Å². The summed E-state index contributed by atoms with van der Waals surface area (Å²) >= 11 is 0. The Morgan fingerprint density at radius 3 is 2.44 bits per heavy atom. The van der Waals surface area contributed by atoms with Gasteiger partial charge in [-0.15, -0.1) is 0 Å². The van der Waals surface area contributed by atoms with E-state index in [1.807, 2.05) is 6.92 Å². The average Bonchev–Trinajstić information content (AvgIpc) is 2.49. The molecule has 1 saturated carbocycles. The molecule has 1 rings (SSSR count). The number of unbranched alkanes of at least 4 members (excludes halogenated alkanes) is 1. The number of halogens is 1. The van der Waals surface area contributed by atoms with Gasteiger partial charge in [0, 0.05) is 12.6 Å². The van der Waals surface area contributed by atoms with Gasteiger partial charge in [-0.2, -0.15) is 0 Å². The molecule has 0 radical (unpaired) electrons. The summed E-state index contributed by atoms with van der Waals surface area (Å²) in [5.41, 5.74) is -0.150. The maximum absolute atomic E-state index is 12.1. The van der Waals surface area contributed by atoms with Crippen LogP contribution in [0.2, 0.25) is 0 Å². The molecule has 0 aliphatic heterocycles. The van der Waals surface area contributed by atoms with Gasteiger partial charge < -0.3 is 20.1 Å². The highest BCUT2D eigenvalue weighted by Gasteiger charge is 2.42. The van der Waals surface area contributed by atoms with E-state index in [0.29, 0.717) is 13.2 Å². The number of hydrogen-bond donors (Lipinski definition) is 2. The predicted octanol–water partition coefficient (Wildman–Crippen LogP) is 3.79. The van der Waals surface area contributed by atoms with Gasteiger partial charge in [0.05, 0.1) is 6.61 Å². The second-order valence-corrected chi connectivity index (χ2v) is 8.07. The Balaban J connectivity index is 2.55. The summed E-state index contributed by atoms with van der Waals surface area (Å²) < 4.78 is 22.0. The van der Waals surface area contributed by atoms with Gasteiger partial charge in [-0.05, 0) is 36.5 Å². The lowest BCUT2D eigenvalue weighted by Gasteiger charge is -2.46. The molecule has 0 aromatic carbocycles. The first-order chi connectivity index (χ1) is 11.7. The van der Waals surface area contributed by atoms with Crippen LogP contribution in [0.15, 0.2) is 0 Å². The maximum atomic E-state index is 12.1. The van der Waals surface area contributed by atoms with E-state index in [0.717, 1.165) is 32.1 Å². The van der Waals surface area contributed by atoms with E-state index >= 15 is 0 Å². The lowest BCUT2D eigenvalue weighted by Crippen LogP contribution is -2.50. The molecule has 6 nitrogen and oxygen atoms in total. The summed E-state index contributed by atoms with van der Waals surface area (Å²) in [6.45, 7) is 8.42. The summed E-state index contributed by atoms with van der Waals surface area (Å²) in [7, 11) is 0. The highest BCUT2D eigenvalue weighted by Crippen LogP contribution is 2.45. The first-order valence-corrected chi connectivity index (χ1v) is 9.09. The zero-order chi connectivity index (χ0) is 18.9. The Kier molecular flexibility index (Phi) is 8.45. The summed E-state index contributed by atoms with van der Waals surface area (Å²) in [4.78, 5) is 23.5. The highest BCUT2D eigenvalue weighted by molar-refractivity contribution is 5.68. The SMILES string of the molecule is CCCCOC(=O)NCC1(C)CC(NC(=O)OCCF)CC(C)(C)C1. The van der Waals surface area contributed by atoms with Gasteiger partial charge in [0.15, 0.2) is 0 Å². The maximum Gasteiger partial charge on any atom is 0.407 e. The quantitative estimate of drug-likeness (QED) is 0.646. The molecule has 2 unspecified atom stereocenters. The summed E-state index contributed by atoms with van der Waals surface area (Å²) in [5, 5.41) is 5.67. The van der Waals surface area contributed by atoms with Crippen LogP contribution >= 0.6 is 0 Å². The van der Waals surface area contributed by atoms with E-state index in [1.54, 1.807) is 0 Å². The van der Waals surface area contributed by atoms with Crippen molar-refractivity contribution in [2.24, 2.45) is 10.8 Å². The molecule has 0 saturated heterocycles. The molecule has 7 heteroatoms. The normalized spacial score (nSPS) is 25.1. The van der Waals surface area contributed by atoms with Crippen molar-refractivity contribution in [2.75, 3.05) is 26.4 Å². The lowest BCUT2D eigenvalue weighted by molar-refractivity contribution is 0.0616. The zero-order valence-electron chi connectivity index (χ0n) is 16.0. The molecule has 2 atom stereocenters. The van der Waals surface area contributed by atoms with E-state index < -0.39 is 18.9 Å². The smallest absolute Gasteiger partial charge is 0.407 e. The number of carbonyl (C=O) groups is 2. The fraction of sp³-hybridized carbons (Fsp3) is 0.889. The minimum Gasteiger partial charge on any atom is -0.450 e. The number of rotatable bonds is 8. The van der Waals surface area contributed by atoms with Crippen LogP contribution in [0, 0.1) is 10.8 Å². The fourth-order valence-electron chi connectivity index (χ4n) is 3.86. The van der Waals surface area contributed by atoms with Crippen molar-refractivity contribution in [3.05, 3.63) is 0 Å². The molecule has 1 fully saturated rings. The van der Waals surface area contributed by atoms with Crippen molar-refractivity contribution >= 4 is 12.2 Å². The largest absolute Gasteiger partial charge is 0.450 e. The minimum absolute atomic E-state index is 0.0127. The van der Waals surface area contributed by atoms with Gasteiger partial charge in [0.2, 0.25) is 0 Å². The van der Waals surface area contributed by atoms with Crippen molar-refractivity contribution in [1.82, 2.24) is 10.6 Å². The Morgan fingerprint density at radius 1 is 1.12 bits per heavy atom. The second-order valence-electron chi connectivity index (χ2n) is 8.07. The van der Waals surface area contributed by atoms with Crippen molar-refractivity contribution in [2.45, 2.75) is 65.8 Å². The first kappa shape index (κ1) is 21.5. The predicted molar refractivity (Wildman–Crippen MR) is 94.2 cm³/mol. The van der Waals surface area contributed by atoms with Crippen LogP contribution in [-0.4, -0.2) is 44.7 Å². The molecule has 2 amide bonds. The third-order valence-corrected chi connectivity index (χ3v) is 4.47. The van der Waals surface area contributed by atoms with Crippen LogP contribution < -0.4 is 10.6 Å². The van der Waals surface area contributed by atoms with Crippen LogP contribution in [0.4, 0.5) is 14.0 Å². The van der Waals surface area contributed by atoms with E-state index in [-0.39, 0.29) is 23.5 Å². The molecule has 0 aromatic heterocycles. The van der Waals surface area contributed by atoms with Gasteiger partial charge in [-0.1, -0.05) is 34.1 Å². The van der Waals surface area contributed by atoms with Crippen molar-refractivity contribution in [1.29, 1.82) is 0 Å². The molecule has 25 heavy (non-hydrogen) atoms. The summed E-state index contributed by atoms with van der Waals surface area (Å²) in [5.74, 6) is 0. The number of alkyl halides is 1. The van der Waals surface area contributed by atoms with Gasteiger partial charge >= 0.3 is 12.2 Å². The molecule has 0 heterocycles. The standard InChI is InChI=1S/C18H33FN2O4/c1-5-6-8-24-15(22)20-13-18(4)11-14(10-17(2,3)12-18)21-16(23)25-9-7-19/h14H,5-13H2,1-4H3,(H,20,22)(H,21,23). The number of amides is 2. The Labute approximate surface area is 150 Å². The third-order valence-electron chi connectivity index (χ3n) is 4.47. The van der Waals surface area contributed by atoms with Crippen LogP contribution in [0.3, 0.4) is 0 Å². The van der Waals surface area contributed by atoms with Crippen LogP contribution in [0.5, 0.6) is 0 Å². The van der Waals surface area contributed by atoms with E-state index in [4.69, 9.17) is 9.47 Å². The minimum atomic E-state index is -0.689. The fourth-order valence-corrected chi connectivity index (χ4v) is 3.86. The van der Waals surface area contributed by atoms with Crippen molar-refractivity contribution < 1.29 is 23.5 Å². The molecule has 1 aliphatic rings. The van der Waals surface area contributed by atoms with Gasteiger partial charge in [-0.25, -0.2) is 14.0 Å². The summed E-state index contributed by atoms with van der Waals surface area (Å²) in [6, 6.07) is -0.0706. The highest BCUT2D eigenvalue weighted by atomic mass is 19.1. The number of ether oxygens (including phenoxy) is 2. The van der Waals surface area contributed by atoms with Crippen LogP contribution in [0.25, 0.3) is 0 Å². The Morgan fingerprint density at radius 2 is 1.80 bits per heavy atom. The van der Waals surface area contributed by atoms with Crippen LogP contribution in [0.1, 0.15) is 59.8 Å². The molecule has 146 valence electrons. The molecular formula is C18H33FN2O4. The number of nitrogens with one attached hydrogen (secondary N) is 2. The number of alkyl carbamates (subject to hydrolysis) is 2. The van der Waals surface area contributed by atoms with E-state index in [2.05, 4.69) is 31.4 Å². The van der Waals surface area contributed by atoms with Gasteiger partial charge in [0.1, 0.15) is 13.3 Å². The molecular weight excluding hydrogens is 327 g/mol. The topological polar surface area (TPSA) is 76.7 Å².